The van der Waals surface area contributed by atoms with E-state index in [1.807, 2.05) is 12.1 Å². The van der Waals surface area contributed by atoms with Crippen LogP contribution in [-0.2, 0) is 4.79 Å². The average Bonchev–Trinajstić information content (AvgIpc) is 2.73. The van der Waals surface area contributed by atoms with E-state index in [-0.39, 0.29) is 12.0 Å². The second-order valence-corrected chi connectivity index (χ2v) is 7.42. The van der Waals surface area contributed by atoms with Crippen molar-refractivity contribution < 1.29 is 24.1 Å². The zero-order valence-corrected chi connectivity index (χ0v) is 17.5. The van der Waals surface area contributed by atoms with Crippen molar-refractivity contribution >= 4 is 5.97 Å². The van der Waals surface area contributed by atoms with Crippen LogP contribution < -0.4 is 14.2 Å². The molecule has 1 saturated heterocycles. The maximum Gasteiger partial charge on any atom is 0.306 e. The second kappa shape index (κ2) is 9.18. The highest BCUT2D eigenvalue weighted by Gasteiger charge is 2.31. The Labute approximate surface area is 172 Å². The Morgan fingerprint density at radius 2 is 1.62 bits per heavy atom. The zero-order chi connectivity index (χ0) is 21.0. The Morgan fingerprint density at radius 1 is 1.00 bits per heavy atom. The molecule has 1 unspecified atom stereocenters. The van der Waals surface area contributed by atoms with Crippen molar-refractivity contribution in [2.45, 2.75) is 25.8 Å². The van der Waals surface area contributed by atoms with Gasteiger partial charge in [-0.25, -0.2) is 0 Å². The van der Waals surface area contributed by atoms with Crippen molar-refractivity contribution in [3.63, 3.8) is 0 Å². The van der Waals surface area contributed by atoms with Crippen LogP contribution in [-0.4, -0.2) is 50.4 Å². The van der Waals surface area contributed by atoms with E-state index in [1.165, 1.54) is 5.56 Å². The zero-order valence-electron chi connectivity index (χ0n) is 17.5. The van der Waals surface area contributed by atoms with Gasteiger partial charge in [0.2, 0.25) is 5.75 Å². The summed E-state index contributed by atoms with van der Waals surface area (Å²) in [6.07, 6.45) is 1.28. The van der Waals surface area contributed by atoms with Crippen LogP contribution in [0.25, 0.3) is 0 Å². The summed E-state index contributed by atoms with van der Waals surface area (Å²) < 4.78 is 16.6. The lowest BCUT2D eigenvalue weighted by molar-refractivity contribution is -0.143. The summed E-state index contributed by atoms with van der Waals surface area (Å²) in [6, 6.07) is 12.4. The SMILES string of the molecule is COc1cc(C(c2cccc(C)c2)N2CCC(C(=O)O)CC2)cc(OC)c1OC. The Hall–Kier alpha value is -2.73. The van der Waals surface area contributed by atoms with E-state index in [4.69, 9.17) is 14.2 Å². The fourth-order valence-corrected chi connectivity index (χ4v) is 4.12. The lowest BCUT2D eigenvalue weighted by Crippen LogP contribution is -2.39. The van der Waals surface area contributed by atoms with Crippen molar-refractivity contribution in [2.24, 2.45) is 5.92 Å². The molecule has 0 bridgehead atoms. The Bertz CT molecular complexity index is 833. The maximum atomic E-state index is 11.4. The van der Waals surface area contributed by atoms with E-state index in [1.54, 1.807) is 21.3 Å². The molecule has 6 heteroatoms. The van der Waals surface area contributed by atoms with E-state index < -0.39 is 5.97 Å². The fourth-order valence-electron chi connectivity index (χ4n) is 4.12. The molecule has 1 aliphatic rings. The quantitative estimate of drug-likeness (QED) is 0.761. The first-order valence-electron chi connectivity index (χ1n) is 9.81. The molecule has 1 atom stereocenters. The number of hydrogen-bond acceptors (Lipinski definition) is 5. The minimum Gasteiger partial charge on any atom is -0.493 e. The molecular weight excluding hydrogens is 370 g/mol. The highest BCUT2D eigenvalue weighted by Crippen LogP contribution is 2.43. The molecule has 1 aliphatic heterocycles. The number of likely N-dealkylation sites (tertiary alicyclic amines) is 1. The van der Waals surface area contributed by atoms with Crippen molar-refractivity contribution in [1.29, 1.82) is 0 Å². The summed E-state index contributed by atoms with van der Waals surface area (Å²) in [4.78, 5) is 13.7. The number of benzene rings is 2. The van der Waals surface area contributed by atoms with Gasteiger partial charge in [-0.1, -0.05) is 29.8 Å². The summed E-state index contributed by atoms with van der Waals surface area (Å²) in [5.74, 6) is 0.806. The van der Waals surface area contributed by atoms with Gasteiger partial charge < -0.3 is 19.3 Å². The minimum atomic E-state index is -0.704. The van der Waals surface area contributed by atoms with Crippen LogP contribution in [0.5, 0.6) is 17.2 Å². The third kappa shape index (κ3) is 4.48. The molecule has 1 N–H and O–H groups in total. The molecule has 0 saturated carbocycles. The number of methoxy groups -OCH3 is 3. The topological polar surface area (TPSA) is 68.2 Å². The molecule has 0 aromatic heterocycles. The van der Waals surface area contributed by atoms with Gasteiger partial charge in [0.15, 0.2) is 11.5 Å². The summed E-state index contributed by atoms with van der Waals surface area (Å²) in [7, 11) is 4.82. The summed E-state index contributed by atoms with van der Waals surface area (Å²) in [5, 5.41) is 9.36. The molecule has 0 aliphatic carbocycles. The summed E-state index contributed by atoms with van der Waals surface area (Å²) in [5.41, 5.74) is 3.37. The smallest absolute Gasteiger partial charge is 0.306 e. The number of aliphatic carboxylic acids is 1. The van der Waals surface area contributed by atoms with Crippen LogP contribution >= 0.6 is 0 Å². The molecular formula is C23H29NO5. The maximum absolute atomic E-state index is 11.4. The highest BCUT2D eigenvalue weighted by atomic mass is 16.5. The molecule has 6 nitrogen and oxygen atoms in total. The lowest BCUT2D eigenvalue weighted by atomic mass is 9.90. The van der Waals surface area contributed by atoms with Crippen molar-refractivity contribution in [2.75, 3.05) is 34.4 Å². The molecule has 2 aromatic rings. The first-order valence-corrected chi connectivity index (χ1v) is 9.81. The van der Waals surface area contributed by atoms with E-state index in [0.717, 1.165) is 11.1 Å². The molecule has 29 heavy (non-hydrogen) atoms. The van der Waals surface area contributed by atoms with E-state index >= 15 is 0 Å². The number of nitrogens with zero attached hydrogens (tertiary/aromatic N) is 1. The van der Waals surface area contributed by atoms with Crippen LogP contribution in [0.15, 0.2) is 36.4 Å². The third-order valence-corrected chi connectivity index (χ3v) is 5.60. The summed E-state index contributed by atoms with van der Waals surface area (Å²) in [6.45, 7) is 3.50. The molecule has 0 radical (unpaired) electrons. The van der Waals surface area contributed by atoms with Gasteiger partial charge in [0, 0.05) is 0 Å². The lowest BCUT2D eigenvalue weighted by Gasteiger charge is -2.37. The van der Waals surface area contributed by atoms with Crippen molar-refractivity contribution in [3.05, 3.63) is 53.1 Å². The number of ether oxygens (including phenoxy) is 3. The van der Waals surface area contributed by atoms with E-state index in [9.17, 15) is 9.90 Å². The van der Waals surface area contributed by atoms with Gasteiger partial charge in [0.25, 0.3) is 0 Å². The molecule has 1 fully saturated rings. The fraction of sp³-hybridized carbons (Fsp3) is 0.435. The largest absolute Gasteiger partial charge is 0.493 e. The van der Waals surface area contributed by atoms with Crippen LogP contribution in [0.1, 0.15) is 35.6 Å². The normalized spacial score (nSPS) is 16.3. The number of aryl methyl sites for hydroxylation is 1. The molecule has 0 spiro atoms. The number of rotatable bonds is 7. The standard InChI is InChI=1S/C23H29NO5/c1-15-6-5-7-17(12-15)21(24-10-8-16(9-11-24)23(25)26)18-13-19(27-2)22(29-4)20(14-18)28-3/h5-7,12-14,16,21H,8-11H2,1-4H3,(H,25,26). The van der Waals surface area contributed by atoms with Crippen LogP contribution in [0.3, 0.4) is 0 Å². The van der Waals surface area contributed by atoms with Crippen molar-refractivity contribution in [3.8, 4) is 17.2 Å². The predicted molar refractivity (Wildman–Crippen MR) is 111 cm³/mol. The predicted octanol–water partition coefficient (Wildman–Crippen LogP) is 3.91. The Kier molecular flexibility index (Phi) is 6.64. The minimum absolute atomic E-state index is 0.0293. The first-order chi connectivity index (χ1) is 14.0. The Balaban J connectivity index is 2.05. The van der Waals surface area contributed by atoms with Gasteiger partial charge in [-0.05, 0) is 56.1 Å². The first kappa shape index (κ1) is 21.0. The number of carboxylic acid groups (broad SMARTS) is 1. The van der Waals surface area contributed by atoms with Gasteiger partial charge in [0.05, 0.1) is 33.3 Å². The number of carboxylic acids is 1. The molecule has 1 heterocycles. The number of carbonyl (C=O) groups is 1. The van der Waals surface area contributed by atoms with Gasteiger partial charge >= 0.3 is 5.97 Å². The monoisotopic (exact) mass is 399 g/mol. The van der Waals surface area contributed by atoms with Crippen molar-refractivity contribution in [1.82, 2.24) is 4.90 Å². The highest BCUT2D eigenvalue weighted by molar-refractivity contribution is 5.70. The summed E-state index contributed by atoms with van der Waals surface area (Å²) >= 11 is 0. The van der Waals surface area contributed by atoms with Gasteiger partial charge in [-0.3, -0.25) is 9.69 Å². The van der Waals surface area contributed by atoms with Gasteiger partial charge in [0.1, 0.15) is 0 Å². The molecule has 0 amide bonds. The van der Waals surface area contributed by atoms with E-state index in [2.05, 4.69) is 36.1 Å². The Morgan fingerprint density at radius 3 is 2.10 bits per heavy atom. The third-order valence-electron chi connectivity index (χ3n) is 5.60. The van der Waals surface area contributed by atoms with E-state index in [0.29, 0.717) is 43.2 Å². The number of piperidine rings is 1. The van der Waals surface area contributed by atoms with Crippen LogP contribution in [0.2, 0.25) is 0 Å². The molecule has 2 aromatic carbocycles. The average molecular weight is 399 g/mol. The second-order valence-electron chi connectivity index (χ2n) is 7.42. The van der Waals surface area contributed by atoms with Crippen LogP contribution in [0.4, 0.5) is 0 Å². The van der Waals surface area contributed by atoms with Gasteiger partial charge in [-0.15, -0.1) is 0 Å². The van der Waals surface area contributed by atoms with Crippen LogP contribution in [0, 0.1) is 12.8 Å². The molecule has 3 rings (SSSR count). The molecule has 156 valence electrons. The van der Waals surface area contributed by atoms with Gasteiger partial charge in [-0.2, -0.15) is 0 Å². The number of hydrogen-bond donors (Lipinski definition) is 1.